The molecule has 0 spiro atoms. The summed E-state index contributed by atoms with van der Waals surface area (Å²) in [6.07, 6.45) is 23.5. The predicted octanol–water partition coefficient (Wildman–Crippen LogP) is 5.59. The van der Waals surface area contributed by atoms with E-state index >= 15 is 0 Å². The number of hydrogen-bond donors (Lipinski definition) is 1. The van der Waals surface area contributed by atoms with Crippen molar-refractivity contribution >= 4 is 20.2 Å². The minimum atomic E-state index is -6.09. The molecular formula is C23H43F3N2O6S2. The molecule has 1 aromatic heterocycles. The van der Waals surface area contributed by atoms with Gasteiger partial charge in [-0.25, -0.2) is 8.42 Å². The van der Waals surface area contributed by atoms with Crippen LogP contribution >= 0.6 is 0 Å². The molecule has 13 heteroatoms. The van der Waals surface area contributed by atoms with Crippen LogP contribution in [0.2, 0.25) is 0 Å². The first-order chi connectivity index (χ1) is 16.8. The number of rotatable bonds is 19. The minimum absolute atomic E-state index is 0.177. The van der Waals surface area contributed by atoms with E-state index < -0.39 is 25.7 Å². The lowest BCUT2D eigenvalue weighted by Gasteiger charge is -2.08. The zero-order valence-electron chi connectivity index (χ0n) is 21.3. The molecular weight excluding hydrogens is 521 g/mol. The third-order valence-corrected chi connectivity index (χ3v) is 7.03. The van der Waals surface area contributed by atoms with Crippen molar-refractivity contribution in [2.24, 2.45) is 0 Å². The molecule has 0 aromatic carbocycles. The topological polar surface area (TPSA) is 120 Å². The summed E-state index contributed by atoms with van der Waals surface area (Å²) in [5.41, 5.74) is -5.65. The Hall–Kier alpha value is -1.18. The molecule has 214 valence electrons. The van der Waals surface area contributed by atoms with E-state index in [1.165, 1.54) is 83.5 Å². The molecule has 0 atom stereocenters. The van der Waals surface area contributed by atoms with Crippen molar-refractivity contribution in [3.63, 3.8) is 0 Å². The van der Waals surface area contributed by atoms with Crippen LogP contribution in [0.1, 0.15) is 103 Å². The highest BCUT2D eigenvalue weighted by molar-refractivity contribution is 7.86. The van der Waals surface area contributed by atoms with Gasteiger partial charge >= 0.3 is 5.51 Å². The van der Waals surface area contributed by atoms with Crippen molar-refractivity contribution in [3.8, 4) is 0 Å². The van der Waals surface area contributed by atoms with Crippen LogP contribution in [-0.4, -0.2) is 41.9 Å². The third-order valence-electron chi connectivity index (χ3n) is 5.66. The number of alkyl halides is 3. The van der Waals surface area contributed by atoms with Crippen LogP contribution in [0.4, 0.5) is 13.2 Å². The molecule has 8 nitrogen and oxygen atoms in total. The number of hydrogen-bond acceptors (Lipinski definition) is 5. The first-order valence-electron chi connectivity index (χ1n) is 12.8. The van der Waals surface area contributed by atoms with Crippen LogP contribution in [0, 0.1) is 0 Å². The number of aryl methyl sites for hydroxylation is 2. The number of halogens is 3. The highest BCUT2D eigenvalue weighted by atomic mass is 32.2. The maximum Gasteiger partial charge on any atom is 0.485 e. The molecule has 0 saturated carbocycles. The van der Waals surface area contributed by atoms with Gasteiger partial charge in [0.2, 0.25) is 0 Å². The van der Waals surface area contributed by atoms with Crippen LogP contribution in [0.15, 0.2) is 18.5 Å². The van der Waals surface area contributed by atoms with Gasteiger partial charge < -0.3 is 4.55 Å². The predicted molar refractivity (Wildman–Crippen MR) is 132 cm³/mol. The van der Waals surface area contributed by atoms with Crippen molar-refractivity contribution in [1.82, 2.24) is 4.68 Å². The molecule has 1 heterocycles. The maximum absolute atomic E-state index is 10.8. The van der Waals surface area contributed by atoms with Gasteiger partial charge in [-0.05, 0) is 6.42 Å². The standard InChI is InChI=1S/C22H42N2O3S.CHF3O3S/c1-2-3-4-5-6-7-8-9-10-11-12-13-14-15-18-23-19-16-20-24(23)21-17-22-28(25,26)27;2-1(3,4)8(5,6)7/h16,19-20H,2-15,17-18,21-22H2,1H3;(H,5,6,7). The van der Waals surface area contributed by atoms with Gasteiger partial charge in [0.25, 0.3) is 10.1 Å². The summed E-state index contributed by atoms with van der Waals surface area (Å²) in [6, 6.07) is 1.98. The van der Waals surface area contributed by atoms with Crippen LogP contribution in [0.5, 0.6) is 0 Å². The normalized spacial score (nSPS) is 12.4. The van der Waals surface area contributed by atoms with Crippen molar-refractivity contribution in [2.75, 3.05) is 5.75 Å². The fraction of sp³-hybridized carbons (Fsp3) is 0.870. The minimum Gasteiger partial charge on any atom is -0.741 e. The van der Waals surface area contributed by atoms with Gasteiger partial charge in [0.15, 0.2) is 22.9 Å². The Kier molecular flexibility index (Phi) is 18.3. The van der Waals surface area contributed by atoms with E-state index in [1.54, 1.807) is 0 Å². The summed E-state index contributed by atoms with van der Waals surface area (Å²) in [5.74, 6) is -0.177. The van der Waals surface area contributed by atoms with Crippen LogP contribution in [-0.2, 0) is 33.3 Å². The Morgan fingerprint density at radius 1 is 0.806 bits per heavy atom. The summed E-state index contributed by atoms with van der Waals surface area (Å²) in [6.45, 7) is 3.86. The van der Waals surface area contributed by atoms with Gasteiger partial charge in [-0.15, -0.1) is 4.68 Å². The first kappa shape index (κ1) is 34.8. The second-order valence-corrected chi connectivity index (χ2v) is 11.9. The molecule has 1 rings (SSSR count). The van der Waals surface area contributed by atoms with Gasteiger partial charge in [0, 0.05) is 12.5 Å². The number of nitrogens with zero attached hydrogens (tertiary/aromatic N) is 2. The summed E-state index contributed by atoms with van der Waals surface area (Å²) in [7, 11) is -9.95. The molecule has 0 saturated heterocycles. The molecule has 0 aliphatic heterocycles. The van der Waals surface area contributed by atoms with E-state index in [2.05, 4.69) is 11.6 Å². The average molecular weight is 565 g/mol. The van der Waals surface area contributed by atoms with Crippen molar-refractivity contribution in [2.45, 2.75) is 122 Å². The first-order valence-corrected chi connectivity index (χ1v) is 15.8. The van der Waals surface area contributed by atoms with Gasteiger partial charge in [-0.3, -0.25) is 4.55 Å². The molecule has 0 bridgehead atoms. The molecule has 0 aliphatic rings. The Morgan fingerprint density at radius 3 is 1.61 bits per heavy atom. The molecule has 1 aromatic rings. The highest BCUT2D eigenvalue weighted by Crippen LogP contribution is 2.20. The SMILES string of the molecule is CCCCCCCCCCCCCCCCn1ccc[n+]1CCCS(=O)(=O)O.O=S(=O)([O-])C(F)(F)F. The van der Waals surface area contributed by atoms with E-state index in [0.717, 1.165) is 13.0 Å². The Bertz CT molecular complexity index is 888. The van der Waals surface area contributed by atoms with E-state index in [0.29, 0.717) is 13.0 Å². The summed E-state index contributed by atoms with van der Waals surface area (Å²) in [4.78, 5) is 0. The smallest absolute Gasteiger partial charge is 0.485 e. The van der Waals surface area contributed by atoms with Gasteiger partial charge in [0.05, 0.1) is 18.5 Å². The third kappa shape index (κ3) is 19.9. The quantitative estimate of drug-likeness (QED) is 0.101. The summed E-state index contributed by atoms with van der Waals surface area (Å²) in [5, 5.41) is 0. The van der Waals surface area contributed by atoms with E-state index in [1.807, 2.05) is 23.1 Å². The molecule has 0 unspecified atom stereocenters. The summed E-state index contributed by atoms with van der Waals surface area (Å²) >= 11 is 0. The number of aromatic nitrogens is 2. The van der Waals surface area contributed by atoms with E-state index in [9.17, 15) is 21.6 Å². The zero-order chi connectivity index (χ0) is 27.5. The summed E-state index contributed by atoms with van der Waals surface area (Å²) < 4.78 is 93.5. The largest absolute Gasteiger partial charge is 0.741 e. The molecule has 0 aliphatic carbocycles. The second kappa shape index (κ2) is 19.0. The fourth-order valence-corrected chi connectivity index (χ4v) is 4.19. The second-order valence-electron chi connectivity index (χ2n) is 8.95. The van der Waals surface area contributed by atoms with Crippen LogP contribution in [0.3, 0.4) is 0 Å². The van der Waals surface area contributed by atoms with Crippen molar-refractivity contribution in [1.29, 1.82) is 0 Å². The van der Waals surface area contributed by atoms with Gasteiger partial charge in [-0.2, -0.15) is 26.3 Å². The van der Waals surface area contributed by atoms with Crippen LogP contribution < -0.4 is 4.68 Å². The van der Waals surface area contributed by atoms with Gasteiger partial charge in [0.1, 0.15) is 0 Å². The number of unbranched alkanes of at least 4 members (excludes halogenated alkanes) is 13. The maximum atomic E-state index is 10.8. The Balaban J connectivity index is 0.00000131. The molecule has 0 radical (unpaired) electrons. The monoisotopic (exact) mass is 564 g/mol. The van der Waals surface area contributed by atoms with Crippen molar-refractivity contribution in [3.05, 3.63) is 18.5 Å². The van der Waals surface area contributed by atoms with E-state index in [4.69, 9.17) is 17.5 Å². The molecule has 0 fully saturated rings. The highest BCUT2D eigenvalue weighted by Gasteiger charge is 2.36. The molecule has 0 amide bonds. The van der Waals surface area contributed by atoms with E-state index in [-0.39, 0.29) is 5.75 Å². The van der Waals surface area contributed by atoms with Gasteiger partial charge in [-0.1, -0.05) is 90.4 Å². The zero-order valence-corrected chi connectivity index (χ0v) is 22.9. The fourth-order valence-electron chi connectivity index (χ4n) is 3.69. The molecule has 1 N–H and O–H groups in total. The molecule has 36 heavy (non-hydrogen) atoms. The Morgan fingerprint density at radius 2 is 1.22 bits per heavy atom. The van der Waals surface area contributed by atoms with Crippen LogP contribution in [0.25, 0.3) is 0 Å². The average Bonchev–Trinajstić information content (AvgIpc) is 3.19. The lowest BCUT2D eigenvalue weighted by molar-refractivity contribution is -0.775. The lowest BCUT2D eigenvalue weighted by Crippen LogP contribution is -2.43. The Labute approximate surface area is 214 Å². The van der Waals surface area contributed by atoms with Crippen molar-refractivity contribution < 1.29 is 43.8 Å². The lowest BCUT2D eigenvalue weighted by atomic mass is 10.0.